The van der Waals surface area contributed by atoms with Gasteiger partial charge in [0.2, 0.25) is 0 Å². The third kappa shape index (κ3) is 5.10. The number of benzene rings is 4. The molecule has 4 nitrogen and oxygen atoms in total. The first-order chi connectivity index (χ1) is 15.5. The molecule has 4 rings (SSSR count). The van der Waals surface area contributed by atoms with Gasteiger partial charge in [0.1, 0.15) is 0 Å². The Hall–Kier alpha value is -4.18. The number of nitrogens with one attached hydrogen (secondary N) is 2. The average Bonchev–Trinajstić information content (AvgIpc) is 2.81. The van der Waals surface area contributed by atoms with Crippen LogP contribution in [0.15, 0.2) is 97.1 Å². The van der Waals surface area contributed by atoms with Gasteiger partial charge in [-0.05, 0) is 73.5 Å². The van der Waals surface area contributed by atoms with Crippen LogP contribution in [0.25, 0.3) is 11.1 Å². The van der Waals surface area contributed by atoms with E-state index in [2.05, 4.69) is 10.6 Å². The van der Waals surface area contributed by atoms with Crippen molar-refractivity contribution in [1.29, 1.82) is 0 Å². The van der Waals surface area contributed by atoms with Crippen LogP contribution in [0.2, 0.25) is 0 Å². The van der Waals surface area contributed by atoms with Crippen molar-refractivity contribution < 1.29 is 9.59 Å². The summed E-state index contributed by atoms with van der Waals surface area (Å²) in [6.45, 7) is 3.98. The van der Waals surface area contributed by atoms with E-state index in [4.69, 9.17) is 0 Å². The number of amides is 2. The second-order valence-electron chi connectivity index (χ2n) is 7.79. The molecule has 4 heteroatoms. The molecule has 158 valence electrons. The fraction of sp³-hybridized carbons (Fsp3) is 0.0714. The molecule has 32 heavy (non-hydrogen) atoms. The number of carbonyl (C=O) groups excluding carboxylic acids is 2. The highest BCUT2D eigenvalue weighted by atomic mass is 16.2. The van der Waals surface area contributed by atoms with Crippen molar-refractivity contribution in [2.24, 2.45) is 0 Å². The molecule has 0 saturated carbocycles. The lowest BCUT2D eigenvalue weighted by Gasteiger charge is -2.09. The summed E-state index contributed by atoms with van der Waals surface area (Å²) in [6.07, 6.45) is 0. The van der Waals surface area contributed by atoms with Gasteiger partial charge in [-0.3, -0.25) is 9.59 Å². The fourth-order valence-electron chi connectivity index (χ4n) is 3.31. The monoisotopic (exact) mass is 420 g/mol. The number of aryl methyl sites for hydroxylation is 2. The van der Waals surface area contributed by atoms with Crippen LogP contribution in [0.3, 0.4) is 0 Å². The Balaban J connectivity index is 1.39. The summed E-state index contributed by atoms with van der Waals surface area (Å²) in [4.78, 5) is 24.8. The Morgan fingerprint density at radius 1 is 0.469 bits per heavy atom. The second kappa shape index (κ2) is 9.31. The number of rotatable bonds is 5. The van der Waals surface area contributed by atoms with Crippen molar-refractivity contribution in [2.75, 3.05) is 10.6 Å². The summed E-state index contributed by atoms with van der Waals surface area (Å²) in [5.41, 5.74) is 7.01. The highest BCUT2D eigenvalue weighted by Gasteiger charge is 2.08. The SMILES string of the molecule is Cc1ccc(C(=O)Nc2ccc(-c3ccc(NC(=O)c4ccc(C)cc4)cc3)cc2)cc1. The van der Waals surface area contributed by atoms with Gasteiger partial charge in [0.05, 0.1) is 0 Å². The van der Waals surface area contributed by atoms with Crippen molar-refractivity contribution in [3.63, 3.8) is 0 Å². The van der Waals surface area contributed by atoms with Gasteiger partial charge in [-0.25, -0.2) is 0 Å². The second-order valence-corrected chi connectivity index (χ2v) is 7.79. The van der Waals surface area contributed by atoms with Crippen LogP contribution < -0.4 is 10.6 Å². The maximum absolute atomic E-state index is 12.4. The zero-order valence-electron chi connectivity index (χ0n) is 18.1. The molecule has 0 aliphatic carbocycles. The van der Waals surface area contributed by atoms with Gasteiger partial charge < -0.3 is 10.6 Å². The molecule has 0 spiro atoms. The third-order valence-electron chi connectivity index (χ3n) is 5.25. The van der Waals surface area contributed by atoms with Crippen LogP contribution in [-0.2, 0) is 0 Å². The number of hydrogen-bond donors (Lipinski definition) is 2. The average molecular weight is 421 g/mol. The van der Waals surface area contributed by atoms with Crippen LogP contribution in [0.4, 0.5) is 11.4 Å². The first-order valence-corrected chi connectivity index (χ1v) is 10.4. The minimum atomic E-state index is -0.133. The van der Waals surface area contributed by atoms with Crippen molar-refractivity contribution in [2.45, 2.75) is 13.8 Å². The lowest BCUT2D eigenvalue weighted by atomic mass is 10.0. The normalized spacial score (nSPS) is 10.4. The van der Waals surface area contributed by atoms with Crippen molar-refractivity contribution >= 4 is 23.2 Å². The lowest BCUT2D eigenvalue weighted by molar-refractivity contribution is 0.101. The van der Waals surface area contributed by atoms with E-state index in [9.17, 15) is 9.59 Å². The van der Waals surface area contributed by atoms with Crippen LogP contribution in [0.5, 0.6) is 0 Å². The number of hydrogen-bond acceptors (Lipinski definition) is 2. The Bertz CT molecular complexity index is 1120. The Kier molecular flexibility index (Phi) is 6.13. The van der Waals surface area contributed by atoms with Crippen LogP contribution in [-0.4, -0.2) is 11.8 Å². The van der Waals surface area contributed by atoms with E-state index in [1.54, 1.807) is 0 Å². The van der Waals surface area contributed by atoms with Gasteiger partial charge in [-0.15, -0.1) is 0 Å². The molecular formula is C28H24N2O2. The molecule has 2 N–H and O–H groups in total. The standard InChI is InChI=1S/C28H24N2O2/c1-19-3-7-23(8-4-19)27(31)29-25-15-11-21(12-16-25)22-13-17-26(18-14-22)30-28(32)24-9-5-20(2)6-10-24/h3-18H,1-2H3,(H,29,31)(H,30,32). The molecule has 0 aliphatic heterocycles. The van der Waals surface area contributed by atoms with E-state index >= 15 is 0 Å². The van der Waals surface area contributed by atoms with Gasteiger partial charge >= 0.3 is 0 Å². The number of anilines is 2. The van der Waals surface area contributed by atoms with Gasteiger partial charge in [0, 0.05) is 22.5 Å². The summed E-state index contributed by atoms with van der Waals surface area (Å²) in [5, 5.41) is 5.84. The minimum absolute atomic E-state index is 0.133. The minimum Gasteiger partial charge on any atom is -0.322 e. The van der Waals surface area contributed by atoms with E-state index in [1.807, 2.05) is 111 Å². The zero-order chi connectivity index (χ0) is 22.5. The molecule has 0 fully saturated rings. The summed E-state index contributed by atoms with van der Waals surface area (Å²) < 4.78 is 0. The highest BCUT2D eigenvalue weighted by molar-refractivity contribution is 6.05. The lowest BCUT2D eigenvalue weighted by Crippen LogP contribution is -2.11. The zero-order valence-corrected chi connectivity index (χ0v) is 18.1. The van der Waals surface area contributed by atoms with E-state index in [0.29, 0.717) is 11.1 Å². The van der Waals surface area contributed by atoms with E-state index in [0.717, 1.165) is 33.6 Å². The molecule has 0 atom stereocenters. The molecule has 2 amide bonds. The summed E-state index contributed by atoms with van der Waals surface area (Å²) in [5.74, 6) is -0.266. The molecule has 0 aliphatic rings. The predicted molar refractivity (Wildman–Crippen MR) is 130 cm³/mol. The van der Waals surface area contributed by atoms with Crippen LogP contribution in [0.1, 0.15) is 31.8 Å². The first-order valence-electron chi connectivity index (χ1n) is 10.4. The fourth-order valence-corrected chi connectivity index (χ4v) is 3.31. The maximum atomic E-state index is 12.4. The molecule has 0 saturated heterocycles. The maximum Gasteiger partial charge on any atom is 0.255 e. The van der Waals surface area contributed by atoms with Crippen LogP contribution >= 0.6 is 0 Å². The van der Waals surface area contributed by atoms with Crippen molar-refractivity contribution in [3.05, 3.63) is 119 Å². The smallest absolute Gasteiger partial charge is 0.255 e. The molecule has 4 aromatic carbocycles. The summed E-state index contributed by atoms with van der Waals surface area (Å²) in [6, 6.07) is 30.3. The van der Waals surface area contributed by atoms with E-state index in [1.165, 1.54) is 0 Å². The molecule has 0 unspecified atom stereocenters. The number of carbonyl (C=O) groups is 2. The Morgan fingerprint density at radius 2 is 0.781 bits per heavy atom. The Morgan fingerprint density at radius 3 is 1.09 bits per heavy atom. The van der Waals surface area contributed by atoms with E-state index in [-0.39, 0.29) is 11.8 Å². The topological polar surface area (TPSA) is 58.2 Å². The van der Waals surface area contributed by atoms with Crippen molar-refractivity contribution in [1.82, 2.24) is 0 Å². The van der Waals surface area contributed by atoms with Gasteiger partial charge in [-0.1, -0.05) is 59.7 Å². The third-order valence-corrected chi connectivity index (χ3v) is 5.25. The largest absolute Gasteiger partial charge is 0.322 e. The summed E-state index contributed by atoms with van der Waals surface area (Å²) in [7, 11) is 0. The molecule has 0 aromatic heterocycles. The van der Waals surface area contributed by atoms with Crippen molar-refractivity contribution in [3.8, 4) is 11.1 Å². The molecule has 0 bridgehead atoms. The van der Waals surface area contributed by atoms with E-state index < -0.39 is 0 Å². The van der Waals surface area contributed by atoms with Crippen LogP contribution in [0, 0.1) is 13.8 Å². The molecule has 0 heterocycles. The predicted octanol–water partition coefficient (Wildman–Crippen LogP) is 6.48. The summed E-state index contributed by atoms with van der Waals surface area (Å²) >= 11 is 0. The highest BCUT2D eigenvalue weighted by Crippen LogP contribution is 2.24. The van der Waals surface area contributed by atoms with Gasteiger partial charge in [0.25, 0.3) is 11.8 Å². The molecule has 0 radical (unpaired) electrons. The first kappa shape index (κ1) is 21.1. The quantitative estimate of drug-likeness (QED) is 0.388. The molecule has 4 aromatic rings. The Labute approximate surface area is 187 Å². The van der Waals surface area contributed by atoms with Gasteiger partial charge in [0.15, 0.2) is 0 Å². The molecular weight excluding hydrogens is 396 g/mol. The van der Waals surface area contributed by atoms with Gasteiger partial charge in [-0.2, -0.15) is 0 Å².